The monoisotopic (exact) mass is 323 g/mol. The summed E-state index contributed by atoms with van der Waals surface area (Å²) in [6.07, 6.45) is -4.73. The van der Waals surface area contributed by atoms with Crippen molar-refractivity contribution >= 4 is 40.8 Å². The van der Waals surface area contributed by atoms with Gasteiger partial charge in [0, 0.05) is 0 Å². The summed E-state index contributed by atoms with van der Waals surface area (Å²) >= 11 is 11.7. The van der Waals surface area contributed by atoms with Gasteiger partial charge in [-0.05, 0) is 12.1 Å². The molecular weight excluding hydrogens is 318 g/mol. The Balaban J connectivity index is 2.39. The van der Waals surface area contributed by atoms with E-state index >= 15 is 0 Å². The second-order valence-corrected chi connectivity index (χ2v) is 4.35. The van der Waals surface area contributed by atoms with E-state index in [9.17, 15) is 13.2 Å². The largest absolute Gasteiger partial charge is 0.451 e. The van der Waals surface area contributed by atoms with Crippen molar-refractivity contribution in [1.82, 2.24) is 15.0 Å². The molecule has 5 nitrogen and oxygen atoms in total. The number of hydrogen-bond acceptors (Lipinski definition) is 5. The summed E-state index contributed by atoms with van der Waals surface area (Å²) < 4.78 is 37.6. The van der Waals surface area contributed by atoms with Gasteiger partial charge in [0.15, 0.2) is 0 Å². The topological polar surface area (TPSA) is 76.7 Å². The molecular formula is C10H6Cl2F3N5. The predicted molar refractivity (Wildman–Crippen MR) is 69.0 cm³/mol. The number of rotatable bonds is 2. The van der Waals surface area contributed by atoms with Crippen molar-refractivity contribution in [2.75, 3.05) is 11.1 Å². The van der Waals surface area contributed by atoms with Crippen LogP contribution in [0.1, 0.15) is 5.82 Å². The molecule has 2 rings (SSSR count). The smallest absolute Gasteiger partial charge is 0.368 e. The van der Waals surface area contributed by atoms with Crippen molar-refractivity contribution in [3.05, 3.63) is 34.1 Å². The van der Waals surface area contributed by atoms with Crippen LogP contribution in [0.2, 0.25) is 10.0 Å². The molecule has 0 aliphatic carbocycles. The SMILES string of the molecule is Nc1nc(Nc2cccc(Cl)c2Cl)nc(C(F)(F)F)n1. The normalized spacial score (nSPS) is 11.4. The van der Waals surface area contributed by atoms with Crippen molar-refractivity contribution < 1.29 is 13.2 Å². The summed E-state index contributed by atoms with van der Waals surface area (Å²) in [5.74, 6) is -2.34. The first-order valence-electron chi connectivity index (χ1n) is 5.07. The first kappa shape index (κ1) is 14.6. The predicted octanol–water partition coefficient (Wildman–Crippen LogP) is 3.52. The molecule has 0 unspecified atom stereocenters. The Labute approximate surface area is 121 Å². The molecule has 1 aromatic heterocycles. The molecule has 0 aliphatic heterocycles. The second-order valence-electron chi connectivity index (χ2n) is 3.56. The lowest BCUT2D eigenvalue weighted by atomic mass is 10.3. The Bertz CT molecular complexity index is 647. The maximum Gasteiger partial charge on any atom is 0.451 e. The van der Waals surface area contributed by atoms with Crippen LogP contribution in [0.25, 0.3) is 0 Å². The number of benzene rings is 1. The van der Waals surface area contributed by atoms with Gasteiger partial charge in [-0.2, -0.15) is 28.1 Å². The standard InChI is InChI=1S/C10H6Cl2F3N5/c11-4-2-1-3-5(6(4)12)17-9-19-7(10(13,14)15)18-8(16)20-9/h1-3H,(H3,16,17,18,19,20). The Morgan fingerprint density at radius 1 is 1.10 bits per heavy atom. The van der Waals surface area contributed by atoms with Crippen LogP contribution < -0.4 is 11.1 Å². The number of alkyl halides is 3. The Morgan fingerprint density at radius 2 is 1.80 bits per heavy atom. The van der Waals surface area contributed by atoms with Crippen LogP contribution in [0.4, 0.5) is 30.8 Å². The summed E-state index contributed by atoms with van der Waals surface area (Å²) in [5, 5.41) is 2.87. The first-order chi connectivity index (χ1) is 9.27. The maximum atomic E-state index is 12.5. The van der Waals surface area contributed by atoms with Gasteiger partial charge in [0.25, 0.3) is 0 Å². The van der Waals surface area contributed by atoms with E-state index in [0.717, 1.165) is 0 Å². The molecule has 1 heterocycles. The van der Waals surface area contributed by atoms with E-state index in [4.69, 9.17) is 28.9 Å². The number of nitrogens with zero attached hydrogens (tertiary/aromatic N) is 3. The fraction of sp³-hybridized carbons (Fsp3) is 0.100. The van der Waals surface area contributed by atoms with Crippen LogP contribution in [-0.4, -0.2) is 15.0 Å². The van der Waals surface area contributed by atoms with E-state index in [2.05, 4.69) is 20.3 Å². The number of hydrogen-bond donors (Lipinski definition) is 2. The molecule has 0 bridgehead atoms. The van der Waals surface area contributed by atoms with Gasteiger partial charge in [0.2, 0.25) is 17.7 Å². The Kier molecular flexibility index (Phi) is 3.87. The molecule has 0 radical (unpaired) electrons. The van der Waals surface area contributed by atoms with Crippen molar-refractivity contribution in [2.45, 2.75) is 6.18 Å². The summed E-state index contributed by atoms with van der Waals surface area (Å²) in [6.45, 7) is 0. The van der Waals surface area contributed by atoms with Crippen LogP contribution in [0, 0.1) is 0 Å². The summed E-state index contributed by atoms with van der Waals surface area (Å²) in [7, 11) is 0. The molecule has 2 aromatic rings. The van der Waals surface area contributed by atoms with Crippen LogP contribution in [0.15, 0.2) is 18.2 Å². The third-order valence-electron chi connectivity index (χ3n) is 2.10. The lowest BCUT2D eigenvalue weighted by Crippen LogP contribution is -2.15. The highest BCUT2D eigenvalue weighted by Gasteiger charge is 2.35. The molecule has 1 aromatic carbocycles. The van der Waals surface area contributed by atoms with E-state index in [1.54, 1.807) is 6.07 Å². The minimum absolute atomic E-state index is 0.127. The van der Waals surface area contributed by atoms with Crippen molar-refractivity contribution in [3.8, 4) is 0 Å². The van der Waals surface area contributed by atoms with E-state index in [0.29, 0.717) is 0 Å². The molecule has 10 heteroatoms. The van der Waals surface area contributed by atoms with Crippen LogP contribution in [0.5, 0.6) is 0 Å². The molecule has 106 valence electrons. The number of halogens is 5. The van der Waals surface area contributed by atoms with Gasteiger partial charge in [-0.3, -0.25) is 0 Å². The zero-order chi connectivity index (χ0) is 14.9. The minimum Gasteiger partial charge on any atom is -0.368 e. The minimum atomic E-state index is -4.73. The third kappa shape index (κ3) is 3.20. The van der Waals surface area contributed by atoms with E-state index in [1.807, 2.05) is 0 Å². The van der Waals surface area contributed by atoms with Gasteiger partial charge >= 0.3 is 6.18 Å². The van der Waals surface area contributed by atoms with Gasteiger partial charge in [0.1, 0.15) is 0 Å². The fourth-order valence-electron chi connectivity index (χ4n) is 1.30. The highest BCUT2D eigenvalue weighted by molar-refractivity contribution is 6.43. The van der Waals surface area contributed by atoms with Crippen molar-refractivity contribution in [1.29, 1.82) is 0 Å². The number of nitrogens with one attached hydrogen (secondary N) is 1. The zero-order valence-electron chi connectivity index (χ0n) is 9.54. The molecule has 0 saturated carbocycles. The van der Waals surface area contributed by atoms with Gasteiger partial charge in [0.05, 0.1) is 15.7 Å². The molecule has 3 N–H and O–H groups in total. The highest BCUT2D eigenvalue weighted by Crippen LogP contribution is 2.32. The molecule has 0 atom stereocenters. The van der Waals surface area contributed by atoms with Crippen LogP contribution >= 0.6 is 23.2 Å². The lowest BCUT2D eigenvalue weighted by molar-refractivity contribution is -0.144. The van der Waals surface area contributed by atoms with Gasteiger partial charge in [-0.15, -0.1) is 0 Å². The number of nitrogens with two attached hydrogens (primary N) is 1. The van der Waals surface area contributed by atoms with E-state index in [1.165, 1.54) is 12.1 Å². The Morgan fingerprint density at radius 3 is 2.45 bits per heavy atom. The zero-order valence-corrected chi connectivity index (χ0v) is 11.1. The van der Waals surface area contributed by atoms with Crippen LogP contribution in [0.3, 0.4) is 0 Å². The van der Waals surface area contributed by atoms with Crippen LogP contribution in [-0.2, 0) is 6.18 Å². The first-order valence-corrected chi connectivity index (χ1v) is 5.83. The highest BCUT2D eigenvalue weighted by atomic mass is 35.5. The molecule has 0 saturated heterocycles. The molecule has 0 spiro atoms. The Hall–Kier alpha value is -1.80. The quantitative estimate of drug-likeness (QED) is 0.884. The summed E-state index contributed by atoms with van der Waals surface area (Å²) in [6, 6.07) is 4.59. The van der Waals surface area contributed by atoms with Crippen molar-refractivity contribution in [3.63, 3.8) is 0 Å². The summed E-state index contributed by atoms with van der Waals surface area (Å²) in [5.41, 5.74) is 5.46. The van der Waals surface area contributed by atoms with Gasteiger partial charge < -0.3 is 11.1 Å². The number of nitrogen functional groups attached to an aromatic ring is 1. The van der Waals surface area contributed by atoms with E-state index in [-0.39, 0.29) is 21.7 Å². The van der Waals surface area contributed by atoms with Gasteiger partial charge in [-0.1, -0.05) is 29.3 Å². The van der Waals surface area contributed by atoms with Gasteiger partial charge in [-0.25, -0.2) is 0 Å². The molecule has 0 aliphatic rings. The average Bonchev–Trinajstić information content (AvgIpc) is 2.33. The fourth-order valence-corrected chi connectivity index (χ4v) is 1.64. The van der Waals surface area contributed by atoms with E-state index < -0.39 is 17.9 Å². The molecule has 0 fully saturated rings. The molecule has 20 heavy (non-hydrogen) atoms. The number of anilines is 3. The lowest BCUT2D eigenvalue weighted by Gasteiger charge is -2.10. The average molecular weight is 324 g/mol. The second kappa shape index (κ2) is 5.29. The van der Waals surface area contributed by atoms with Crippen molar-refractivity contribution in [2.24, 2.45) is 0 Å². The summed E-state index contributed by atoms with van der Waals surface area (Å²) in [4.78, 5) is 9.81. The third-order valence-corrected chi connectivity index (χ3v) is 2.92. The number of aromatic nitrogens is 3. The molecule has 0 amide bonds. The maximum absolute atomic E-state index is 12.5.